The third-order valence-corrected chi connectivity index (χ3v) is 5.66. The number of para-hydroxylation sites is 1. The summed E-state index contributed by atoms with van der Waals surface area (Å²) in [4.78, 5) is 15.6. The quantitative estimate of drug-likeness (QED) is 0.507. The third kappa shape index (κ3) is 3.43. The number of anilines is 1. The Morgan fingerprint density at radius 3 is 2.53 bits per heavy atom. The summed E-state index contributed by atoms with van der Waals surface area (Å²) in [5.41, 5.74) is -0.768. The molecule has 13 heteroatoms. The van der Waals surface area contributed by atoms with Gasteiger partial charge in [0.1, 0.15) is 4.90 Å². The van der Waals surface area contributed by atoms with E-state index in [4.69, 9.17) is 0 Å². The Bertz CT molecular complexity index is 1400. The zero-order chi connectivity index (χ0) is 21.7. The summed E-state index contributed by atoms with van der Waals surface area (Å²) in [6, 6.07) is 7.01. The van der Waals surface area contributed by atoms with E-state index in [1.165, 1.54) is 28.9 Å². The van der Waals surface area contributed by atoms with Gasteiger partial charge in [0.05, 0.1) is 28.4 Å². The van der Waals surface area contributed by atoms with E-state index in [0.29, 0.717) is 17.1 Å². The smallest absolute Gasteiger partial charge is 0.285 e. The molecule has 0 aliphatic carbocycles. The lowest BCUT2D eigenvalue weighted by Crippen LogP contribution is -2.14. The molecule has 9 nitrogen and oxygen atoms in total. The highest BCUT2D eigenvalue weighted by atomic mass is 32.2. The molecule has 0 radical (unpaired) electrons. The predicted octanol–water partition coefficient (Wildman–Crippen LogP) is 2.27. The summed E-state index contributed by atoms with van der Waals surface area (Å²) in [5.74, 6) is 0.0135. The van der Waals surface area contributed by atoms with E-state index in [1.807, 2.05) is 0 Å². The van der Waals surface area contributed by atoms with Gasteiger partial charge in [0, 0.05) is 19.4 Å². The second-order valence-corrected chi connectivity index (χ2v) is 8.01. The first kappa shape index (κ1) is 19.7. The van der Waals surface area contributed by atoms with Crippen LogP contribution in [0.15, 0.2) is 58.6 Å². The first-order valence-corrected chi connectivity index (χ1v) is 9.83. The van der Waals surface area contributed by atoms with Crippen LogP contribution in [0, 0.1) is 0 Å². The fraction of sp³-hybridized carbons (Fsp3) is 0.118. The zero-order valence-corrected chi connectivity index (χ0v) is 16.0. The van der Waals surface area contributed by atoms with Crippen LogP contribution in [-0.2, 0) is 23.2 Å². The van der Waals surface area contributed by atoms with Crippen molar-refractivity contribution in [1.82, 2.24) is 24.5 Å². The number of fused-ring (bicyclic) bond motifs is 1. The van der Waals surface area contributed by atoms with Crippen LogP contribution in [0.4, 0.5) is 18.9 Å². The molecule has 0 amide bonds. The van der Waals surface area contributed by atoms with Gasteiger partial charge in [-0.25, -0.2) is 18.1 Å². The molecular formula is C17H13F3N6O3S. The van der Waals surface area contributed by atoms with Gasteiger partial charge in [-0.3, -0.25) is 19.3 Å². The molecule has 0 bridgehead atoms. The monoisotopic (exact) mass is 438 g/mol. The molecule has 2 N–H and O–H groups in total. The summed E-state index contributed by atoms with van der Waals surface area (Å²) < 4.78 is 68.2. The molecule has 156 valence electrons. The van der Waals surface area contributed by atoms with Crippen LogP contribution in [0.5, 0.6) is 0 Å². The van der Waals surface area contributed by atoms with Crippen molar-refractivity contribution >= 4 is 26.6 Å². The van der Waals surface area contributed by atoms with Crippen molar-refractivity contribution in [2.75, 3.05) is 4.72 Å². The molecule has 0 aliphatic rings. The number of H-pyrrole nitrogens is 1. The third-order valence-electron chi connectivity index (χ3n) is 4.31. The molecule has 0 fully saturated rings. The average Bonchev–Trinajstić information content (AvgIpc) is 3.28. The average molecular weight is 438 g/mol. The second-order valence-electron chi connectivity index (χ2n) is 6.33. The minimum absolute atomic E-state index is 0.0135. The van der Waals surface area contributed by atoms with Crippen LogP contribution in [0.25, 0.3) is 16.7 Å². The summed E-state index contributed by atoms with van der Waals surface area (Å²) in [6.45, 7) is 0. The number of rotatable bonds is 4. The zero-order valence-electron chi connectivity index (χ0n) is 15.2. The molecule has 0 spiro atoms. The fourth-order valence-electron chi connectivity index (χ4n) is 2.90. The van der Waals surface area contributed by atoms with Gasteiger partial charge >= 0.3 is 6.18 Å². The largest absolute Gasteiger partial charge is 0.419 e. The first-order chi connectivity index (χ1) is 14.1. The highest BCUT2D eigenvalue weighted by Crippen LogP contribution is 2.29. The highest BCUT2D eigenvalue weighted by molar-refractivity contribution is 7.92. The van der Waals surface area contributed by atoms with Crippen molar-refractivity contribution < 1.29 is 21.6 Å². The van der Waals surface area contributed by atoms with Crippen LogP contribution in [0.2, 0.25) is 0 Å². The molecule has 0 saturated heterocycles. The van der Waals surface area contributed by atoms with Gasteiger partial charge in [-0.1, -0.05) is 6.07 Å². The lowest BCUT2D eigenvalue weighted by molar-refractivity contribution is -0.137. The van der Waals surface area contributed by atoms with Crippen molar-refractivity contribution in [3.05, 3.63) is 64.8 Å². The standard InChI is InChI=1S/C17H13F3N6O3S/c1-25-15-12(16(27)23-25)3-2-4-13(15)24-30(28,29)11-5-6-14(21-8-11)26-9-10(7-22-26)17(18,19)20/h2-9,24H,1H3,(H,23,27). The number of alkyl halides is 3. The van der Waals surface area contributed by atoms with Crippen LogP contribution < -0.4 is 10.3 Å². The lowest BCUT2D eigenvalue weighted by Gasteiger charge is -2.10. The molecule has 3 heterocycles. The van der Waals surface area contributed by atoms with Crippen LogP contribution in [0.1, 0.15) is 5.56 Å². The van der Waals surface area contributed by atoms with Crippen molar-refractivity contribution in [2.24, 2.45) is 7.05 Å². The number of benzene rings is 1. The maximum absolute atomic E-state index is 12.7. The van der Waals surface area contributed by atoms with Gasteiger partial charge in [-0.2, -0.15) is 18.3 Å². The maximum atomic E-state index is 12.7. The summed E-state index contributed by atoms with van der Waals surface area (Å²) >= 11 is 0. The first-order valence-electron chi connectivity index (χ1n) is 8.35. The van der Waals surface area contributed by atoms with Crippen molar-refractivity contribution in [2.45, 2.75) is 11.1 Å². The molecule has 30 heavy (non-hydrogen) atoms. The summed E-state index contributed by atoms with van der Waals surface area (Å²) in [5, 5.41) is 6.45. The Kier molecular flexibility index (Phi) is 4.42. The van der Waals surface area contributed by atoms with Gasteiger partial charge in [0.25, 0.3) is 15.6 Å². The number of sulfonamides is 1. The van der Waals surface area contributed by atoms with Crippen molar-refractivity contribution in [1.29, 1.82) is 0 Å². The Hall–Kier alpha value is -3.61. The molecule has 4 rings (SSSR count). The van der Waals surface area contributed by atoms with E-state index in [1.54, 1.807) is 13.1 Å². The van der Waals surface area contributed by atoms with E-state index < -0.39 is 21.8 Å². The Morgan fingerprint density at radius 1 is 1.13 bits per heavy atom. The van der Waals surface area contributed by atoms with Crippen LogP contribution >= 0.6 is 0 Å². The predicted molar refractivity (Wildman–Crippen MR) is 101 cm³/mol. The molecule has 1 aromatic carbocycles. The number of aryl methyl sites for hydroxylation is 1. The number of hydrogen-bond acceptors (Lipinski definition) is 5. The molecule has 4 aromatic rings. The Balaban J connectivity index is 1.64. The molecule has 0 aliphatic heterocycles. The minimum Gasteiger partial charge on any atom is -0.285 e. The van der Waals surface area contributed by atoms with Gasteiger partial charge in [-0.15, -0.1) is 0 Å². The summed E-state index contributed by atoms with van der Waals surface area (Å²) in [6.07, 6.45) is -2.15. The summed E-state index contributed by atoms with van der Waals surface area (Å²) in [7, 11) is -2.51. The number of aromatic nitrogens is 5. The maximum Gasteiger partial charge on any atom is 0.419 e. The number of nitrogens with one attached hydrogen (secondary N) is 2. The van der Waals surface area contributed by atoms with Crippen molar-refractivity contribution in [3.63, 3.8) is 0 Å². The van der Waals surface area contributed by atoms with E-state index >= 15 is 0 Å². The van der Waals surface area contributed by atoms with Crippen LogP contribution in [0.3, 0.4) is 0 Å². The number of pyridine rings is 1. The number of aromatic amines is 1. The van der Waals surface area contributed by atoms with Crippen molar-refractivity contribution in [3.8, 4) is 5.82 Å². The molecule has 0 atom stereocenters. The fourth-order valence-corrected chi connectivity index (χ4v) is 3.91. The van der Waals surface area contributed by atoms with Crippen LogP contribution in [-0.4, -0.2) is 33.0 Å². The van der Waals surface area contributed by atoms with Gasteiger partial charge in [0.15, 0.2) is 5.82 Å². The molecule has 3 aromatic heterocycles. The van der Waals surface area contributed by atoms with E-state index in [0.717, 1.165) is 17.1 Å². The van der Waals surface area contributed by atoms with E-state index in [9.17, 15) is 26.4 Å². The number of nitrogens with zero attached hydrogens (tertiary/aromatic N) is 4. The highest BCUT2D eigenvalue weighted by Gasteiger charge is 2.32. The molecular weight excluding hydrogens is 425 g/mol. The minimum atomic E-state index is -4.55. The number of hydrogen-bond donors (Lipinski definition) is 2. The van der Waals surface area contributed by atoms with Gasteiger partial charge < -0.3 is 0 Å². The van der Waals surface area contributed by atoms with Gasteiger partial charge in [0.2, 0.25) is 0 Å². The Labute approximate surface area is 166 Å². The van der Waals surface area contributed by atoms with E-state index in [-0.39, 0.29) is 22.0 Å². The lowest BCUT2D eigenvalue weighted by atomic mass is 10.2. The number of halogens is 3. The normalized spacial score (nSPS) is 12.4. The SMILES string of the molecule is Cn1[nH]c(=O)c2cccc(NS(=O)(=O)c3ccc(-n4cc(C(F)(F)F)cn4)nc3)c21. The second kappa shape index (κ2) is 6.73. The van der Waals surface area contributed by atoms with Gasteiger partial charge in [-0.05, 0) is 24.3 Å². The topological polar surface area (TPSA) is 115 Å². The molecule has 0 unspecified atom stereocenters. The van der Waals surface area contributed by atoms with E-state index in [2.05, 4.69) is 19.9 Å². The molecule has 0 saturated carbocycles. The Morgan fingerprint density at radius 2 is 1.90 bits per heavy atom.